The first-order valence-electron chi connectivity index (χ1n) is 25.5. The van der Waals surface area contributed by atoms with Crippen LogP contribution in [0.15, 0.2) is 205 Å². The molecule has 0 saturated carbocycles. The molecule has 0 aliphatic rings. The van der Waals surface area contributed by atoms with Crippen molar-refractivity contribution in [1.82, 2.24) is 29.9 Å². The van der Waals surface area contributed by atoms with Crippen molar-refractivity contribution in [3.63, 3.8) is 0 Å². The minimum absolute atomic E-state index is 0. The second-order valence-electron chi connectivity index (χ2n) is 17.1. The van der Waals surface area contributed by atoms with Crippen LogP contribution in [0.5, 0.6) is 0 Å². The number of alkyl halides is 12. The van der Waals surface area contributed by atoms with Gasteiger partial charge in [-0.1, -0.05) is 48.5 Å². The Morgan fingerprint density at radius 1 is 0.378 bits per heavy atom. The van der Waals surface area contributed by atoms with Crippen LogP contribution in [0.2, 0.25) is 0 Å². The van der Waals surface area contributed by atoms with Gasteiger partial charge >= 0.3 is 56.2 Å². The first-order chi connectivity index (χ1) is 44.6. The Kier molecular flexibility index (Phi) is 41.0. The van der Waals surface area contributed by atoms with E-state index in [-0.39, 0.29) is 34.1 Å². The van der Waals surface area contributed by atoms with Gasteiger partial charge in [-0.05, 0) is 109 Å². The topological polar surface area (TPSA) is 385 Å². The van der Waals surface area contributed by atoms with E-state index < -0.39 is 62.5 Å². The van der Waals surface area contributed by atoms with Gasteiger partial charge in [0.05, 0.1) is 96.3 Å². The van der Waals surface area contributed by atoms with Crippen LogP contribution in [0.4, 0.5) is 75.4 Å². The molecule has 0 amide bonds. The molecule has 0 bridgehead atoms. The molecule has 0 saturated heterocycles. The third-order valence-electron chi connectivity index (χ3n) is 9.91. The van der Waals surface area contributed by atoms with E-state index >= 15 is 0 Å². The van der Waals surface area contributed by atoms with Crippen molar-refractivity contribution >= 4 is 75.7 Å². The van der Waals surface area contributed by atoms with Gasteiger partial charge in [-0.15, -0.1) is 0 Å². The molecule has 6 aromatic heterocycles. The van der Waals surface area contributed by atoms with Crippen molar-refractivity contribution < 1.29 is 139 Å². The van der Waals surface area contributed by atoms with E-state index in [1.165, 1.54) is 13.8 Å². The number of benzene rings is 2. The zero-order valence-electron chi connectivity index (χ0n) is 49.6. The van der Waals surface area contributed by atoms with Crippen molar-refractivity contribution in [2.75, 3.05) is 9.80 Å². The van der Waals surface area contributed by atoms with Gasteiger partial charge in [-0.25, -0.2) is 33.7 Å². The van der Waals surface area contributed by atoms with Gasteiger partial charge in [0.25, 0.3) is 0 Å². The summed E-state index contributed by atoms with van der Waals surface area (Å²) in [7, 11) is -24.4. The first kappa shape index (κ1) is 91.2. The molecule has 24 nitrogen and oxygen atoms in total. The quantitative estimate of drug-likeness (QED) is 0.0321. The van der Waals surface area contributed by atoms with E-state index in [9.17, 15) is 52.7 Å². The Balaban J connectivity index is 0. The average Bonchev–Trinajstić information content (AvgIpc) is 0.893. The molecule has 0 N–H and O–H groups in total. The molecule has 0 aliphatic heterocycles. The number of hydrogen-bond acceptors (Lipinski definition) is 24. The third kappa shape index (κ3) is 38.7. The van der Waals surface area contributed by atoms with Crippen molar-refractivity contribution in [3.8, 4) is 12.1 Å². The van der Waals surface area contributed by atoms with Crippen LogP contribution < -0.4 is 9.80 Å². The minimum Gasteiger partial charge on any atom is -0.741 e. The number of nitriles is 2. The van der Waals surface area contributed by atoms with Crippen LogP contribution in [-0.4, -0.2) is 116 Å². The number of hydrogen-bond donors (Lipinski definition) is 0. The summed E-state index contributed by atoms with van der Waals surface area (Å²) in [5.74, 6) is 0. The van der Waals surface area contributed by atoms with E-state index in [1.54, 1.807) is 37.0 Å². The van der Waals surface area contributed by atoms with Crippen LogP contribution in [0, 0.1) is 22.7 Å². The smallest absolute Gasteiger partial charge is 0.741 e. The zero-order valence-corrected chi connectivity index (χ0v) is 55.1. The second-order valence-corrected chi connectivity index (χ2v) is 22.6. The van der Waals surface area contributed by atoms with Gasteiger partial charge in [-0.2, -0.15) is 63.2 Å². The molecule has 6 heterocycles. The van der Waals surface area contributed by atoms with Gasteiger partial charge in [0.15, 0.2) is 40.5 Å². The van der Waals surface area contributed by atoms with Crippen molar-refractivity contribution in [2.24, 2.45) is 9.98 Å². The standard InChI is InChI=1S/2C24H21N5.2C2H3N.4CHF3O3S.2Fe/c2*1-4-13-25-21(8-1)17-28-20-11-7-12-24(16-20)29(18-22-9-2-5-14-26-22)19-23-10-3-6-15-27-23;2*1-2-3;4*2-1(3,4)8(5,6)7;;/h2*1-17H,18-19H2;2*1H3;4*(H,5,6,7);;/q;;;;;;;;2*+2/p-4. The van der Waals surface area contributed by atoms with Crippen LogP contribution >= 0.6 is 0 Å². The number of rotatable bonds is 14. The predicted molar refractivity (Wildman–Crippen MR) is 318 cm³/mol. The van der Waals surface area contributed by atoms with E-state index in [2.05, 4.69) is 74.0 Å². The molecule has 0 atom stereocenters. The molecule has 98 heavy (non-hydrogen) atoms. The molecule has 8 aromatic rings. The van der Waals surface area contributed by atoms with E-state index in [0.29, 0.717) is 26.2 Å². The molecule has 528 valence electrons. The van der Waals surface area contributed by atoms with Crippen LogP contribution in [-0.2, 0) is 101 Å². The number of anilines is 2. The molecular weight excluding hydrogens is 1500 g/mol. The summed E-state index contributed by atoms with van der Waals surface area (Å²) in [5.41, 5.74) is -13.0. The average molecular weight is 1550 g/mol. The summed E-state index contributed by atoms with van der Waals surface area (Å²) in [4.78, 5) is 40.2. The summed E-state index contributed by atoms with van der Waals surface area (Å²) >= 11 is 0. The summed E-state index contributed by atoms with van der Waals surface area (Å²) < 4.78 is 236. The van der Waals surface area contributed by atoms with Crippen molar-refractivity contribution in [3.05, 3.63) is 229 Å². The number of halogens is 12. The summed E-state index contributed by atoms with van der Waals surface area (Å²) in [6.07, 6.45) is 14.4. The van der Waals surface area contributed by atoms with Gasteiger partial charge in [0.2, 0.25) is 0 Å². The number of nitrogens with zero attached hydrogens (tertiary/aromatic N) is 12. The second kappa shape index (κ2) is 44.1. The number of aromatic nitrogens is 6. The molecule has 0 fully saturated rings. The molecule has 0 aliphatic carbocycles. The van der Waals surface area contributed by atoms with Gasteiger partial charge in [0, 0.05) is 62.4 Å². The number of pyridine rings is 6. The van der Waals surface area contributed by atoms with Crippen molar-refractivity contribution in [2.45, 2.75) is 62.1 Å². The van der Waals surface area contributed by atoms with Crippen LogP contribution in [0.1, 0.15) is 48.0 Å². The molecule has 2 aromatic carbocycles. The molecule has 0 unspecified atom stereocenters. The summed E-state index contributed by atoms with van der Waals surface area (Å²) in [6.45, 7) is 5.60. The minimum atomic E-state index is -6.09. The zero-order chi connectivity index (χ0) is 72.9. The van der Waals surface area contributed by atoms with E-state index in [1.807, 2.05) is 158 Å². The fraction of sp³-hybridized carbons (Fsp3) is 0.179. The molecule has 42 heteroatoms. The Hall–Kier alpha value is -8.90. The maximum Gasteiger partial charge on any atom is 2.00 e. The third-order valence-corrected chi connectivity index (χ3v) is 12.2. The van der Waals surface area contributed by atoms with Gasteiger partial charge < -0.3 is 28.0 Å². The Morgan fingerprint density at radius 3 is 0.755 bits per heavy atom. The maximum atomic E-state index is 10.7. The first-order valence-corrected chi connectivity index (χ1v) is 31.1. The largest absolute Gasteiger partial charge is 2.00 e. The predicted octanol–water partition coefficient (Wildman–Crippen LogP) is 10.9. The summed E-state index contributed by atoms with van der Waals surface area (Å²) in [5, 5.41) is 14.6. The SMILES string of the molecule is C(=Nc1cccc(N(Cc2ccccn2)Cc2ccccn2)c1)c1ccccn1.C(=Nc1cccc(N(Cc2ccccn2)Cc2ccccn2)c1)c1ccccn1.CC#N.CC#N.O=S(=O)([O-])C(F)(F)F.O=S(=O)([O-])C(F)(F)F.O=S(=O)([O-])C(F)(F)F.O=S(=O)([O-])C(F)(F)F.[Fe+2].[Fe+2]. The van der Waals surface area contributed by atoms with Gasteiger partial charge in [0.1, 0.15) is 0 Å². The summed E-state index contributed by atoms with van der Waals surface area (Å²) in [6, 6.07) is 55.3. The Labute approximate surface area is 574 Å². The van der Waals surface area contributed by atoms with E-state index in [4.69, 9.17) is 62.4 Å². The van der Waals surface area contributed by atoms with Crippen molar-refractivity contribution in [1.29, 1.82) is 10.5 Å². The Morgan fingerprint density at radius 2 is 0.582 bits per heavy atom. The van der Waals surface area contributed by atoms with Gasteiger partial charge in [-0.3, -0.25) is 39.9 Å². The van der Waals surface area contributed by atoms with Crippen LogP contribution in [0.25, 0.3) is 0 Å². The van der Waals surface area contributed by atoms with E-state index in [0.717, 1.165) is 56.9 Å². The molecule has 0 spiro atoms. The molecular formula is C56H48F12Fe2N12O12S4. The fourth-order valence-electron chi connectivity index (χ4n) is 5.95. The normalized spacial score (nSPS) is 11.2. The number of aliphatic imine (C=N–C) groups is 2. The monoisotopic (exact) mass is 1550 g/mol. The maximum absolute atomic E-state index is 10.7. The molecule has 0 radical (unpaired) electrons. The fourth-order valence-corrected chi connectivity index (χ4v) is 5.95. The Bertz CT molecular complexity index is 3770. The molecule has 8 rings (SSSR count). The van der Waals surface area contributed by atoms with Crippen LogP contribution in [0.3, 0.4) is 0 Å².